The minimum Gasteiger partial charge on any atom is -0.463 e. The molecule has 33 heavy (non-hydrogen) atoms. The molecule has 0 aromatic heterocycles. The minimum atomic E-state index is -1.17. The van der Waals surface area contributed by atoms with Crippen molar-refractivity contribution < 1.29 is 52.3 Å². The van der Waals surface area contributed by atoms with Gasteiger partial charge in [0.2, 0.25) is 5.91 Å². The highest BCUT2D eigenvalue weighted by atomic mass is 16.7. The number of nitrogens with two attached hydrogens (primary N) is 1. The van der Waals surface area contributed by atoms with E-state index in [4.69, 9.17) is 38.9 Å². The van der Waals surface area contributed by atoms with E-state index in [-0.39, 0.29) is 19.8 Å². The van der Waals surface area contributed by atoms with Crippen molar-refractivity contribution in [1.29, 1.82) is 0 Å². The van der Waals surface area contributed by atoms with E-state index >= 15 is 0 Å². The molecule has 1 aliphatic heterocycles. The number of ether oxygens (including phenoxy) is 7. The summed E-state index contributed by atoms with van der Waals surface area (Å²) in [6, 6.07) is -1.02. The Morgan fingerprint density at radius 1 is 0.818 bits per heavy atom. The van der Waals surface area contributed by atoms with E-state index in [1.165, 1.54) is 20.8 Å². The first-order chi connectivity index (χ1) is 15.6. The van der Waals surface area contributed by atoms with Crippen LogP contribution in [0.1, 0.15) is 27.7 Å². The van der Waals surface area contributed by atoms with Gasteiger partial charge in [-0.2, -0.15) is 0 Å². The van der Waals surface area contributed by atoms with Gasteiger partial charge in [0.25, 0.3) is 0 Å². The van der Waals surface area contributed by atoms with Gasteiger partial charge in [-0.25, -0.2) is 0 Å². The fourth-order valence-electron chi connectivity index (χ4n) is 3.06. The van der Waals surface area contributed by atoms with Crippen molar-refractivity contribution in [2.24, 2.45) is 5.73 Å². The van der Waals surface area contributed by atoms with Crippen molar-refractivity contribution in [2.75, 3.05) is 46.2 Å². The SMILES string of the molecule is CC(=O)N[C@H]1[C@@H](OCCOCCOCCN)O[C@@H](COC(C)=O)[C@@H](OC(C)=O)[C@@H]1OC(C)=O. The molecule has 0 aliphatic carbocycles. The molecule has 1 heterocycles. The van der Waals surface area contributed by atoms with Crippen LogP contribution in [0.15, 0.2) is 0 Å². The molecular formula is C20H34N2O11. The van der Waals surface area contributed by atoms with E-state index < -0.39 is 54.5 Å². The Labute approximate surface area is 192 Å². The third-order valence-corrected chi connectivity index (χ3v) is 4.22. The first-order valence-electron chi connectivity index (χ1n) is 10.5. The molecule has 1 amide bonds. The summed E-state index contributed by atoms with van der Waals surface area (Å²) < 4.78 is 37.9. The maximum Gasteiger partial charge on any atom is 0.303 e. The van der Waals surface area contributed by atoms with Gasteiger partial charge < -0.3 is 44.2 Å². The van der Waals surface area contributed by atoms with E-state index in [2.05, 4.69) is 5.32 Å². The van der Waals surface area contributed by atoms with Crippen molar-refractivity contribution in [3.05, 3.63) is 0 Å². The summed E-state index contributed by atoms with van der Waals surface area (Å²) in [5.74, 6) is -2.40. The zero-order chi connectivity index (χ0) is 24.8. The van der Waals surface area contributed by atoms with E-state index in [0.717, 1.165) is 6.92 Å². The third kappa shape index (κ3) is 11.4. The number of carbonyl (C=O) groups is 4. The van der Waals surface area contributed by atoms with Gasteiger partial charge in [0, 0.05) is 34.2 Å². The van der Waals surface area contributed by atoms with Crippen LogP contribution in [0.5, 0.6) is 0 Å². The Balaban J connectivity index is 2.95. The van der Waals surface area contributed by atoms with Crippen molar-refractivity contribution in [3.63, 3.8) is 0 Å². The summed E-state index contributed by atoms with van der Waals surface area (Å²) in [6.07, 6.45) is -4.48. The van der Waals surface area contributed by atoms with Gasteiger partial charge in [-0.1, -0.05) is 0 Å². The summed E-state index contributed by atoms with van der Waals surface area (Å²) in [4.78, 5) is 46.6. The standard InChI is InChI=1S/C20H34N2O11/c1-12(23)22-17-19(32-15(4)26)18(31-14(3)25)16(11-30-13(2)24)33-20(17)29-10-9-28-8-7-27-6-5-21/h16-20H,5-11,21H2,1-4H3,(H,22,23)/t16-,17+,18+,19+,20-/m0/s1. The molecule has 190 valence electrons. The third-order valence-electron chi connectivity index (χ3n) is 4.22. The predicted octanol–water partition coefficient (Wildman–Crippen LogP) is -1.35. The Kier molecular flexibility index (Phi) is 13.5. The Bertz CT molecular complexity index is 646. The van der Waals surface area contributed by atoms with Crippen LogP contribution in [0.4, 0.5) is 0 Å². The van der Waals surface area contributed by atoms with Gasteiger partial charge in [-0.3, -0.25) is 19.2 Å². The highest BCUT2D eigenvalue weighted by molar-refractivity contribution is 5.73. The van der Waals surface area contributed by atoms with Gasteiger partial charge in [0.1, 0.15) is 18.8 Å². The second-order valence-corrected chi connectivity index (χ2v) is 7.10. The molecule has 0 unspecified atom stereocenters. The van der Waals surface area contributed by atoms with Crippen molar-refractivity contribution in [3.8, 4) is 0 Å². The zero-order valence-electron chi connectivity index (χ0n) is 19.4. The van der Waals surface area contributed by atoms with E-state index in [1.54, 1.807) is 0 Å². The van der Waals surface area contributed by atoms with Crippen LogP contribution < -0.4 is 11.1 Å². The lowest BCUT2D eigenvalue weighted by molar-refractivity contribution is -0.279. The number of nitrogens with one attached hydrogen (secondary N) is 1. The average molecular weight is 478 g/mol. The molecule has 13 nitrogen and oxygen atoms in total. The lowest BCUT2D eigenvalue weighted by atomic mass is 9.96. The number of amides is 1. The van der Waals surface area contributed by atoms with Crippen molar-refractivity contribution in [1.82, 2.24) is 5.32 Å². The molecule has 3 N–H and O–H groups in total. The average Bonchev–Trinajstić information content (AvgIpc) is 2.71. The molecule has 1 saturated heterocycles. The quantitative estimate of drug-likeness (QED) is 0.171. The first kappa shape index (κ1) is 28.7. The number of rotatable bonds is 14. The summed E-state index contributed by atoms with van der Waals surface area (Å²) in [7, 11) is 0. The zero-order valence-corrected chi connectivity index (χ0v) is 19.4. The van der Waals surface area contributed by atoms with E-state index in [1.807, 2.05) is 0 Å². The normalized spacial score (nSPS) is 24.6. The molecule has 0 spiro atoms. The second-order valence-electron chi connectivity index (χ2n) is 7.10. The van der Waals surface area contributed by atoms with Crippen LogP contribution in [-0.2, 0) is 52.3 Å². The monoisotopic (exact) mass is 478 g/mol. The minimum absolute atomic E-state index is 0.0585. The Morgan fingerprint density at radius 2 is 1.39 bits per heavy atom. The van der Waals surface area contributed by atoms with Gasteiger partial charge in [0.05, 0.1) is 33.0 Å². The van der Waals surface area contributed by atoms with Gasteiger partial charge in [0.15, 0.2) is 18.5 Å². The van der Waals surface area contributed by atoms with Crippen LogP contribution in [0.25, 0.3) is 0 Å². The number of esters is 3. The summed E-state index contributed by atoms with van der Waals surface area (Å²) in [6.45, 7) is 6.28. The molecule has 0 saturated carbocycles. The molecule has 1 rings (SSSR count). The van der Waals surface area contributed by atoms with Gasteiger partial charge in [-0.15, -0.1) is 0 Å². The lowest BCUT2D eigenvalue weighted by Gasteiger charge is -2.44. The fraction of sp³-hybridized carbons (Fsp3) is 0.800. The first-order valence-corrected chi connectivity index (χ1v) is 10.5. The second kappa shape index (κ2) is 15.5. The van der Waals surface area contributed by atoms with Gasteiger partial charge >= 0.3 is 17.9 Å². The molecule has 0 aromatic carbocycles. The maximum absolute atomic E-state index is 11.8. The van der Waals surface area contributed by atoms with Crippen molar-refractivity contribution >= 4 is 23.8 Å². The molecule has 1 fully saturated rings. The molecular weight excluding hydrogens is 444 g/mol. The Hall–Kier alpha value is -2.32. The fourth-order valence-corrected chi connectivity index (χ4v) is 3.06. The molecule has 1 aliphatic rings. The molecule has 0 aromatic rings. The highest BCUT2D eigenvalue weighted by Gasteiger charge is 2.51. The van der Waals surface area contributed by atoms with Crippen molar-refractivity contribution in [2.45, 2.75) is 58.3 Å². The molecule has 0 radical (unpaired) electrons. The topological polar surface area (TPSA) is 171 Å². The van der Waals surface area contributed by atoms with Crippen LogP contribution >= 0.6 is 0 Å². The van der Waals surface area contributed by atoms with E-state index in [0.29, 0.717) is 26.4 Å². The Morgan fingerprint density at radius 3 is 1.94 bits per heavy atom. The number of hydrogen-bond acceptors (Lipinski definition) is 12. The maximum atomic E-state index is 11.8. The summed E-state index contributed by atoms with van der Waals surface area (Å²) >= 11 is 0. The van der Waals surface area contributed by atoms with Crippen LogP contribution in [-0.4, -0.2) is 101 Å². The smallest absolute Gasteiger partial charge is 0.303 e. The van der Waals surface area contributed by atoms with Gasteiger partial charge in [-0.05, 0) is 0 Å². The molecule has 5 atom stereocenters. The highest BCUT2D eigenvalue weighted by Crippen LogP contribution is 2.28. The summed E-state index contributed by atoms with van der Waals surface area (Å²) in [5, 5.41) is 2.61. The molecule has 13 heteroatoms. The van der Waals surface area contributed by atoms with E-state index in [9.17, 15) is 19.2 Å². The number of hydrogen-bond donors (Lipinski definition) is 2. The van der Waals surface area contributed by atoms with Crippen LogP contribution in [0.3, 0.4) is 0 Å². The largest absolute Gasteiger partial charge is 0.463 e. The summed E-state index contributed by atoms with van der Waals surface area (Å²) in [5.41, 5.74) is 5.33. The number of carbonyl (C=O) groups excluding carboxylic acids is 4. The molecule has 0 bridgehead atoms. The predicted molar refractivity (Wildman–Crippen MR) is 111 cm³/mol. The lowest BCUT2D eigenvalue weighted by Crippen LogP contribution is -2.66. The van der Waals surface area contributed by atoms with Crippen LogP contribution in [0.2, 0.25) is 0 Å². The van der Waals surface area contributed by atoms with Crippen LogP contribution in [0, 0.1) is 0 Å².